The number of nitrogens with one attached hydrogen (secondary N) is 1. The van der Waals surface area contributed by atoms with Crippen LogP contribution in [-0.4, -0.2) is 12.2 Å². The zero-order valence-electron chi connectivity index (χ0n) is 7.24. The van der Waals surface area contributed by atoms with Crippen molar-refractivity contribution in [1.82, 2.24) is 5.32 Å². The Morgan fingerprint density at radius 1 is 1.33 bits per heavy atom. The molecule has 2 N–H and O–H groups in total. The standard InChI is InChI=1S/C9H13NO.ClH/c1-7(10-2)8-5-3-4-6-9(8)11;/h3-7,10-11H,1-2H3;1H/t7-;/m0./s1. The van der Waals surface area contributed by atoms with Gasteiger partial charge in [0.2, 0.25) is 0 Å². The van der Waals surface area contributed by atoms with Gasteiger partial charge in [0.25, 0.3) is 0 Å². The summed E-state index contributed by atoms with van der Waals surface area (Å²) in [6.07, 6.45) is 0. The molecule has 0 unspecified atom stereocenters. The summed E-state index contributed by atoms with van der Waals surface area (Å²) in [4.78, 5) is 0. The number of aromatic hydroxyl groups is 1. The van der Waals surface area contributed by atoms with Crippen LogP contribution in [0.3, 0.4) is 0 Å². The summed E-state index contributed by atoms with van der Waals surface area (Å²) in [7, 11) is 1.87. The van der Waals surface area contributed by atoms with E-state index in [1.165, 1.54) is 0 Å². The lowest BCUT2D eigenvalue weighted by atomic mass is 10.1. The third-order valence-corrected chi connectivity index (χ3v) is 1.84. The fourth-order valence-electron chi connectivity index (χ4n) is 1.01. The molecule has 3 heteroatoms. The lowest BCUT2D eigenvalue weighted by Gasteiger charge is -2.11. The number of phenolic OH excluding ortho intramolecular Hbond substituents is 1. The molecular weight excluding hydrogens is 174 g/mol. The van der Waals surface area contributed by atoms with Gasteiger partial charge in [-0.3, -0.25) is 0 Å². The number of phenols is 1. The highest BCUT2D eigenvalue weighted by molar-refractivity contribution is 5.85. The lowest BCUT2D eigenvalue weighted by molar-refractivity contribution is 0.458. The first kappa shape index (κ1) is 11.3. The van der Waals surface area contributed by atoms with Gasteiger partial charge in [-0.25, -0.2) is 0 Å². The monoisotopic (exact) mass is 187 g/mol. The second-order valence-electron chi connectivity index (χ2n) is 2.57. The summed E-state index contributed by atoms with van der Waals surface area (Å²) >= 11 is 0. The summed E-state index contributed by atoms with van der Waals surface area (Å²) in [6, 6.07) is 7.56. The Balaban J connectivity index is 0.00000121. The number of halogens is 1. The largest absolute Gasteiger partial charge is 0.508 e. The molecule has 0 bridgehead atoms. The number of hydrogen-bond donors (Lipinski definition) is 2. The van der Waals surface area contributed by atoms with E-state index < -0.39 is 0 Å². The molecule has 0 aliphatic heterocycles. The molecule has 0 fully saturated rings. The van der Waals surface area contributed by atoms with Gasteiger partial charge in [0, 0.05) is 11.6 Å². The number of benzene rings is 1. The predicted molar refractivity (Wildman–Crippen MR) is 52.8 cm³/mol. The summed E-state index contributed by atoms with van der Waals surface area (Å²) in [5, 5.41) is 12.4. The minimum atomic E-state index is 0. The zero-order valence-corrected chi connectivity index (χ0v) is 8.06. The fourth-order valence-corrected chi connectivity index (χ4v) is 1.01. The van der Waals surface area contributed by atoms with Crippen LogP contribution in [0.1, 0.15) is 18.5 Å². The van der Waals surface area contributed by atoms with Crippen molar-refractivity contribution in [3.63, 3.8) is 0 Å². The summed E-state index contributed by atoms with van der Waals surface area (Å²) in [5.74, 6) is 0.356. The highest BCUT2D eigenvalue weighted by Gasteiger charge is 2.05. The van der Waals surface area contributed by atoms with Gasteiger partial charge in [-0.15, -0.1) is 12.4 Å². The van der Waals surface area contributed by atoms with Gasteiger partial charge in [0.05, 0.1) is 0 Å². The molecule has 68 valence electrons. The van der Waals surface area contributed by atoms with E-state index in [-0.39, 0.29) is 18.4 Å². The van der Waals surface area contributed by atoms with Crippen LogP contribution in [0.2, 0.25) is 0 Å². The van der Waals surface area contributed by atoms with Crippen LogP contribution in [-0.2, 0) is 0 Å². The van der Waals surface area contributed by atoms with Crippen LogP contribution < -0.4 is 5.32 Å². The van der Waals surface area contributed by atoms with E-state index in [0.717, 1.165) is 5.56 Å². The molecule has 0 saturated heterocycles. The molecule has 0 aromatic heterocycles. The predicted octanol–water partition coefficient (Wildman–Crippen LogP) is 2.09. The lowest BCUT2D eigenvalue weighted by Crippen LogP contribution is -2.12. The Hall–Kier alpha value is -0.730. The molecule has 0 aliphatic rings. The minimum Gasteiger partial charge on any atom is -0.508 e. The van der Waals surface area contributed by atoms with Crippen LogP contribution >= 0.6 is 12.4 Å². The van der Waals surface area contributed by atoms with Gasteiger partial charge in [-0.05, 0) is 20.0 Å². The van der Waals surface area contributed by atoms with Crippen molar-refractivity contribution in [2.24, 2.45) is 0 Å². The van der Waals surface area contributed by atoms with Crippen LogP contribution in [0.5, 0.6) is 5.75 Å². The SMILES string of the molecule is CN[C@@H](C)c1ccccc1O.Cl. The zero-order chi connectivity index (χ0) is 8.27. The molecule has 1 aromatic carbocycles. The molecular formula is C9H14ClNO. The van der Waals surface area contributed by atoms with Gasteiger partial charge < -0.3 is 10.4 Å². The van der Waals surface area contributed by atoms with Crippen molar-refractivity contribution in [2.45, 2.75) is 13.0 Å². The third kappa shape index (κ3) is 2.40. The van der Waals surface area contributed by atoms with E-state index in [2.05, 4.69) is 5.32 Å². The summed E-state index contributed by atoms with van der Waals surface area (Å²) < 4.78 is 0. The average molecular weight is 188 g/mol. The van der Waals surface area contributed by atoms with Gasteiger partial charge in [0.1, 0.15) is 5.75 Å². The molecule has 2 nitrogen and oxygen atoms in total. The molecule has 0 aliphatic carbocycles. The van der Waals surface area contributed by atoms with Crippen LogP contribution in [0.4, 0.5) is 0 Å². The van der Waals surface area contributed by atoms with E-state index in [1.54, 1.807) is 6.07 Å². The molecule has 0 heterocycles. The van der Waals surface area contributed by atoms with E-state index in [1.807, 2.05) is 32.2 Å². The van der Waals surface area contributed by atoms with E-state index in [9.17, 15) is 5.11 Å². The van der Waals surface area contributed by atoms with Crippen molar-refractivity contribution in [2.75, 3.05) is 7.05 Å². The molecule has 0 radical (unpaired) electrons. The summed E-state index contributed by atoms with van der Waals surface area (Å²) in [6.45, 7) is 2.01. The van der Waals surface area contributed by atoms with Gasteiger partial charge in [0.15, 0.2) is 0 Å². The van der Waals surface area contributed by atoms with Crippen LogP contribution in [0, 0.1) is 0 Å². The molecule has 1 aromatic rings. The van der Waals surface area contributed by atoms with Crippen molar-refractivity contribution in [3.05, 3.63) is 29.8 Å². The smallest absolute Gasteiger partial charge is 0.120 e. The van der Waals surface area contributed by atoms with E-state index in [4.69, 9.17) is 0 Å². The van der Waals surface area contributed by atoms with Crippen LogP contribution in [0.15, 0.2) is 24.3 Å². The van der Waals surface area contributed by atoms with E-state index >= 15 is 0 Å². The first-order chi connectivity index (χ1) is 5.25. The first-order valence-corrected chi connectivity index (χ1v) is 3.71. The average Bonchev–Trinajstić information content (AvgIpc) is 2.04. The Morgan fingerprint density at radius 3 is 2.42 bits per heavy atom. The molecule has 1 rings (SSSR count). The maximum absolute atomic E-state index is 9.37. The highest BCUT2D eigenvalue weighted by atomic mass is 35.5. The molecule has 1 atom stereocenters. The third-order valence-electron chi connectivity index (χ3n) is 1.84. The molecule has 0 saturated carbocycles. The Kier molecular flexibility index (Phi) is 4.71. The molecule has 0 spiro atoms. The quantitative estimate of drug-likeness (QED) is 0.743. The first-order valence-electron chi connectivity index (χ1n) is 3.71. The number of para-hydroxylation sites is 1. The summed E-state index contributed by atoms with van der Waals surface area (Å²) in [5.41, 5.74) is 0.940. The van der Waals surface area contributed by atoms with E-state index in [0.29, 0.717) is 5.75 Å². The van der Waals surface area contributed by atoms with Gasteiger partial charge in [-0.2, -0.15) is 0 Å². The van der Waals surface area contributed by atoms with Crippen molar-refractivity contribution >= 4 is 12.4 Å². The Morgan fingerprint density at radius 2 is 1.92 bits per heavy atom. The topological polar surface area (TPSA) is 32.3 Å². The van der Waals surface area contributed by atoms with Gasteiger partial charge >= 0.3 is 0 Å². The van der Waals surface area contributed by atoms with Crippen LogP contribution in [0.25, 0.3) is 0 Å². The maximum Gasteiger partial charge on any atom is 0.120 e. The maximum atomic E-state index is 9.37. The number of rotatable bonds is 2. The highest BCUT2D eigenvalue weighted by Crippen LogP contribution is 2.22. The molecule has 12 heavy (non-hydrogen) atoms. The van der Waals surface area contributed by atoms with Crippen molar-refractivity contribution < 1.29 is 5.11 Å². The second kappa shape index (κ2) is 5.01. The fraction of sp³-hybridized carbons (Fsp3) is 0.333. The van der Waals surface area contributed by atoms with Crippen molar-refractivity contribution in [1.29, 1.82) is 0 Å². The molecule has 0 amide bonds. The Bertz CT molecular complexity index is 240. The number of hydrogen-bond acceptors (Lipinski definition) is 2. The normalized spacial score (nSPS) is 11.8. The Labute approximate surface area is 79.0 Å². The minimum absolute atomic E-state index is 0. The second-order valence-corrected chi connectivity index (χ2v) is 2.57. The van der Waals surface area contributed by atoms with Crippen molar-refractivity contribution in [3.8, 4) is 5.75 Å². The van der Waals surface area contributed by atoms with Gasteiger partial charge in [-0.1, -0.05) is 18.2 Å².